The molecule has 1 saturated heterocycles. The topological polar surface area (TPSA) is 36.9 Å². The fourth-order valence-electron chi connectivity index (χ4n) is 3.61. The number of hydrogen-bond donors (Lipinski definition) is 1. The van der Waals surface area contributed by atoms with E-state index in [4.69, 9.17) is 21.3 Å². The normalized spacial score (nSPS) is 20.6. The summed E-state index contributed by atoms with van der Waals surface area (Å²) in [4.78, 5) is 7.38. The van der Waals surface area contributed by atoms with Gasteiger partial charge in [0.15, 0.2) is 5.96 Å². The number of piperidine rings is 1. The van der Waals surface area contributed by atoms with Gasteiger partial charge in [-0.25, -0.2) is 0 Å². The average molecular weight is 364 g/mol. The Bertz CT molecular complexity index is 575. The summed E-state index contributed by atoms with van der Waals surface area (Å²) in [5, 5.41) is 4.27. The lowest BCUT2D eigenvalue weighted by Gasteiger charge is -2.34. The zero-order valence-electron chi connectivity index (χ0n) is 15.4. The second kappa shape index (κ2) is 8.41. The van der Waals surface area contributed by atoms with Gasteiger partial charge >= 0.3 is 0 Å². The molecule has 4 nitrogen and oxygen atoms in total. The minimum absolute atomic E-state index is 0.217. The van der Waals surface area contributed by atoms with Gasteiger partial charge in [0, 0.05) is 36.7 Å². The van der Waals surface area contributed by atoms with Crippen molar-refractivity contribution >= 4 is 17.6 Å². The third-order valence-electron chi connectivity index (χ3n) is 5.32. The SMILES string of the molecule is CCNC(=NCC1(c2ccc(Cl)cc2)CC1)N1CCC(OCC)CC1. The van der Waals surface area contributed by atoms with E-state index in [1.165, 1.54) is 18.4 Å². The highest BCUT2D eigenvalue weighted by Crippen LogP contribution is 2.48. The van der Waals surface area contributed by atoms with Crippen LogP contribution in [-0.4, -0.2) is 49.7 Å². The van der Waals surface area contributed by atoms with E-state index in [2.05, 4.69) is 36.2 Å². The molecule has 3 rings (SSSR count). The Morgan fingerprint density at radius 3 is 2.48 bits per heavy atom. The second-order valence-electron chi connectivity index (χ2n) is 7.10. The Kier molecular flexibility index (Phi) is 6.24. The molecule has 25 heavy (non-hydrogen) atoms. The summed E-state index contributed by atoms with van der Waals surface area (Å²) in [6.07, 6.45) is 5.00. The number of hydrogen-bond acceptors (Lipinski definition) is 2. The van der Waals surface area contributed by atoms with Crippen LogP contribution in [0.15, 0.2) is 29.3 Å². The summed E-state index contributed by atoms with van der Waals surface area (Å²) in [5.41, 5.74) is 1.58. The molecule has 1 saturated carbocycles. The van der Waals surface area contributed by atoms with Crippen LogP contribution in [0, 0.1) is 0 Å². The number of likely N-dealkylation sites (tertiary alicyclic amines) is 1. The Morgan fingerprint density at radius 1 is 1.24 bits per heavy atom. The number of nitrogens with one attached hydrogen (secondary N) is 1. The van der Waals surface area contributed by atoms with Gasteiger partial charge < -0.3 is 15.0 Å². The van der Waals surface area contributed by atoms with Crippen LogP contribution in [0.2, 0.25) is 5.02 Å². The lowest BCUT2D eigenvalue weighted by molar-refractivity contribution is 0.0263. The van der Waals surface area contributed by atoms with E-state index in [0.29, 0.717) is 6.10 Å². The first-order valence-electron chi connectivity index (χ1n) is 9.58. The van der Waals surface area contributed by atoms with Gasteiger partial charge in [-0.2, -0.15) is 0 Å². The lowest BCUT2D eigenvalue weighted by Crippen LogP contribution is -2.47. The summed E-state index contributed by atoms with van der Waals surface area (Å²) in [6, 6.07) is 8.30. The van der Waals surface area contributed by atoms with Crippen molar-refractivity contribution in [3.8, 4) is 0 Å². The Hall–Kier alpha value is -1.26. The van der Waals surface area contributed by atoms with Gasteiger partial charge in [-0.3, -0.25) is 4.99 Å². The van der Waals surface area contributed by atoms with E-state index in [0.717, 1.165) is 56.6 Å². The van der Waals surface area contributed by atoms with E-state index >= 15 is 0 Å². The summed E-state index contributed by atoms with van der Waals surface area (Å²) >= 11 is 6.03. The van der Waals surface area contributed by atoms with Gasteiger partial charge in [-0.15, -0.1) is 0 Å². The minimum Gasteiger partial charge on any atom is -0.378 e. The zero-order valence-corrected chi connectivity index (χ0v) is 16.2. The number of nitrogens with zero attached hydrogens (tertiary/aromatic N) is 2. The number of benzene rings is 1. The van der Waals surface area contributed by atoms with Crippen LogP contribution in [0.4, 0.5) is 0 Å². The standard InChI is InChI=1S/C20H30ClN3O/c1-3-22-19(24-13-9-18(10-14-24)25-4-2)23-15-20(11-12-20)16-5-7-17(21)8-6-16/h5-8,18H,3-4,9-15H2,1-2H3,(H,22,23). The quantitative estimate of drug-likeness (QED) is 0.616. The minimum atomic E-state index is 0.217. The molecule has 1 N–H and O–H groups in total. The molecular weight excluding hydrogens is 334 g/mol. The molecular formula is C20H30ClN3O. The molecule has 2 fully saturated rings. The van der Waals surface area contributed by atoms with Crippen LogP contribution in [-0.2, 0) is 10.2 Å². The molecule has 2 aliphatic rings. The van der Waals surface area contributed by atoms with Gasteiger partial charge in [0.1, 0.15) is 0 Å². The number of rotatable bonds is 6. The smallest absolute Gasteiger partial charge is 0.193 e. The molecule has 5 heteroatoms. The molecule has 1 aromatic rings. The van der Waals surface area contributed by atoms with Gasteiger partial charge in [0.25, 0.3) is 0 Å². The third kappa shape index (κ3) is 4.68. The second-order valence-corrected chi connectivity index (χ2v) is 7.54. The van der Waals surface area contributed by atoms with Crippen molar-refractivity contribution in [2.24, 2.45) is 4.99 Å². The van der Waals surface area contributed by atoms with E-state index in [1.54, 1.807) is 0 Å². The monoisotopic (exact) mass is 363 g/mol. The molecule has 1 aromatic carbocycles. The molecule has 0 atom stereocenters. The maximum absolute atomic E-state index is 6.03. The highest BCUT2D eigenvalue weighted by atomic mass is 35.5. The fourth-order valence-corrected chi connectivity index (χ4v) is 3.74. The van der Waals surface area contributed by atoms with Gasteiger partial charge in [0.05, 0.1) is 12.6 Å². The van der Waals surface area contributed by atoms with E-state index in [-0.39, 0.29) is 5.41 Å². The number of aliphatic imine (C=N–C) groups is 1. The molecule has 1 aliphatic heterocycles. The maximum Gasteiger partial charge on any atom is 0.193 e. The number of ether oxygens (including phenoxy) is 1. The highest BCUT2D eigenvalue weighted by molar-refractivity contribution is 6.30. The molecule has 1 aliphatic carbocycles. The van der Waals surface area contributed by atoms with Crippen molar-refractivity contribution in [1.29, 1.82) is 0 Å². The average Bonchev–Trinajstić information content (AvgIpc) is 3.41. The molecule has 0 radical (unpaired) electrons. The first kappa shape index (κ1) is 18.5. The molecule has 0 spiro atoms. The Labute approximate surface area is 156 Å². The highest BCUT2D eigenvalue weighted by Gasteiger charge is 2.44. The van der Waals surface area contributed by atoms with Crippen molar-refractivity contribution in [3.05, 3.63) is 34.9 Å². The van der Waals surface area contributed by atoms with E-state index in [1.807, 2.05) is 12.1 Å². The maximum atomic E-state index is 6.03. The summed E-state index contributed by atoms with van der Waals surface area (Å²) in [7, 11) is 0. The van der Waals surface area contributed by atoms with Crippen molar-refractivity contribution < 1.29 is 4.74 Å². The summed E-state index contributed by atoms with van der Waals surface area (Å²) in [5.74, 6) is 1.05. The largest absolute Gasteiger partial charge is 0.378 e. The van der Waals surface area contributed by atoms with Crippen LogP contribution in [0.25, 0.3) is 0 Å². The molecule has 0 aromatic heterocycles. The van der Waals surface area contributed by atoms with Crippen LogP contribution in [0.3, 0.4) is 0 Å². The van der Waals surface area contributed by atoms with Crippen LogP contribution in [0.5, 0.6) is 0 Å². The van der Waals surface area contributed by atoms with Gasteiger partial charge in [-0.1, -0.05) is 23.7 Å². The Balaban J connectivity index is 1.63. The summed E-state index contributed by atoms with van der Waals surface area (Å²) in [6.45, 7) is 8.80. The third-order valence-corrected chi connectivity index (χ3v) is 5.57. The van der Waals surface area contributed by atoms with Gasteiger partial charge in [-0.05, 0) is 57.2 Å². The van der Waals surface area contributed by atoms with Crippen LogP contribution in [0.1, 0.15) is 45.1 Å². The number of guanidine groups is 1. The first-order chi connectivity index (χ1) is 12.2. The predicted octanol–water partition coefficient (Wildman–Crippen LogP) is 3.84. The lowest BCUT2D eigenvalue weighted by atomic mass is 9.96. The first-order valence-corrected chi connectivity index (χ1v) is 9.95. The van der Waals surface area contributed by atoms with Gasteiger partial charge in [0.2, 0.25) is 0 Å². The van der Waals surface area contributed by atoms with Crippen molar-refractivity contribution in [2.45, 2.75) is 51.0 Å². The van der Waals surface area contributed by atoms with E-state index < -0.39 is 0 Å². The van der Waals surface area contributed by atoms with Crippen LogP contribution < -0.4 is 5.32 Å². The fraction of sp³-hybridized carbons (Fsp3) is 0.650. The van der Waals surface area contributed by atoms with Crippen LogP contribution >= 0.6 is 11.6 Å². The molecule has 138 valence electrons. The predicted molar refractivity (Wildman–Crippen MR) is 105 cm³/mol. The molecule has 1 heterocycles. The van der Waals surface area contributed by atoms with Crippen molar-refractivity contribution in [1.82, 2.24) is 10.2 Å². The number of halogens is 1. The van der Waals surface area contributed by atoms with E-state index in [9.17, 15) is 0 Å². The van der Waals surface area contributed by atoms with Crippen molar-refractivity contribution in [2.75, 3.05) is 32.8 Å². The molecule has 0 bridgehead atoms. The Morgan fingerprint density at radius 2 is 1.92 bits per heavy atom. The van der Waals surface area contributed by atoms with Crippen molar-refractivity contribution in [3.63, 3.8) is 0 Å². The molecule has 0 unspecified atom stereocenters. The molecule has 0 amide bonds. The summed E-state index contributed by atoms with van der Waals surface area (Å²) < 4.78 is 5.76. The zero-order chi connectivity index (χ0) is 17.7.